The molecule has 2 N–H and O–H groups in total. The fraction of sp³-hybridized carbons (Fsp3) is 1.00. The van der Waals surface area contributed by atoms with E-state index in [2.05, 4.69) is 17.1 Å². The smallest absolute Gasteiger partial charge is 0.0900 e. The van der Waals surface area contributed by atoms with Crippen molar-refractivity contribution in [3.63, 3.8) is 0 Å². The van der Waals surface area contributed by atoms with Crippen LogP contribution in [0.15, 0.2) is 0 Å². The third kappa shape index (κ3) is 5.34. The van der Waals surface area contributed by atoms with Crippen molar-refractivity contribution >= 4 is 0 Å². The number of aliphatic hydroxyl groups is 1. The normalized spacial score (nSPS) is 22.9. The van der Waals surface area contributed by atoms with Gasteiger partial charge < -0.3 is 20.1 Å². The van der Waals surface area contributed by atoms with E-state index in [0.29, 0.717) is 6.61 Å². The van der Waals surface area contributed by atoms with Crippen LogP contribution in [0.25, 0.3) is 0 Å². The van der Waals surface area contributed by atoms with Crippen molar-refractivity contribution in [3.8, 4) is 0 Å². The Hall–Kier alpha value is -0.160. The van der Waals surface area contributed by atoms with Crippen LogP contribution >= 0.6 is 0 Å². The number of rotatable bonds is 6. The molecule has 1 rings (SSSR count). The zero-order chi connectivity index (χ0) is 12.9. The highest BCUT2D eigenvalue weighted by molar-refractivity contribution is 4.88. The molecule has 0 bridgehead atoms. The molecule has 1 aliphatic heterocycles. The Bertz CT molecular complexity index is 213. The standard InChI is InChI=1S/C13H28N2O2/c1-11(2)17-10-12(16)9-15-7-5-13(3,14-4)6-8-15/h11-12,14,16H,5-10H2,1-4H3. The van der Waals surface area contributed by atoms with Crippen LogP contribution in [0.1, 0.15) is 33.6 Å². The highest BCUT2D eigenvalue weighted by atomic mass is 16.5. The van der Waals surface area contributed by atoms with Gasteiger partial charge in [0.25, 0.3) is 0 Å². The van der Waals surface area contributed by atoms with E-state index in [1.807, 2.05) is 20.9 Å². The largest absolute Gasteiger partial charge is 0.389 e. The van der Waals surface area contributed by atoms with Crippen molar-refractivity contribution in [3.05, 3.63) is 0 Å². The maximum Gasteiger partial charge on any atom is 0.0900 e. The van der Waals surface area contributed by atoms with Crippen LogP contribution in [0.3, 0.4) is 0 Å². The summed E-state index contributed by atoms with van der Waals surface area (Å²) in [7, 11) is 2.03. The fourth-order valence-electron chi connectivity index (χ4n) is 2.13. The molecule has 4 nitrogen and oxygen atoms in total. The number of piperidine rings is 1. The number of aliphatic hydroxyl groups excluding tert-OH is 1. The average Bonchev–Trinajstić information content (AvgIpc) is 2.30. The molecular formula is C13H28N2O2. The van der Waals surface area contributed by atoms with E-state index < -0.39 is 0 Å². The first-order valence-corrected chi connectivity index (χ1v) is 6.66. The number of β-amino-alcohol motifs (C(OH)–C–C–N with tert-alkyl or cyclic N) is 1. The Labute approximate surface area is 105 Å². The van der Waals surface area contributed by atoms with E-state index >= 15 is 0 Å². The zero-order valence-corrected chi connectivity index (χ0v) is 11.7. The molecular weight excluding hydrogens is 216 g/mol. The minimum absolute atomic E-state index is 0.193. The Morgan fingerprint density at radius 3 is 2.41 bits per heavy atom. The van der Waals surface area contributed by atoms with Crippen LogP contribution < -0.4 is 5.32 Å². The summed E-state index contributed by atoms with van der Waals surface area (Å²) in [5.74, 6) is 0. The summed E-state index contributed by atoms with van der Waals surface area (Å²) in [5.41, 5.74) is 0.274. The molecule has 0 amide bonds. The van der Waals surface area contributed by atoms with Crippen molar-refractivity contribution in [2.24, 2.45) is 0 Å². The molecule has 1 unspecified atom stereocenters. The molecule has 0 saturated carbocycles. The van der Waals surface area contributed by atoms with E-state index in [1.54, 1.807) is 0 Å². The van der Waals surface area contributed by atoms with Crippen LogP contribution in [-0.4, -0.2) is 61.0 Å². The fourth-order valence-corrected chi connectivity index (χ4v) is 2.13. The maximum atomic E-state index is 9.86. The third-order valence-electron chi connectivity index (χ3n) is 3.65. The molecule has 1 aliphatic rings. The van der Waals surface area contributed by atoms with Crippen molar-refractivity contribution < 1.29 is 9.84 Å². The zero-order valence-electron chi connectivity index (χ0n) is 11.7. The van der Waals surface area contributed by atoms with Crippen LogP contribution in [0.5, 0.6) is 0 Å². The van der Waals surface area contributed by atoms with Gasteiger partial charge in [-0.05, 0) is 53.8 Å². The second-order valence-electron chi connectivity index (χ2n) is 5.65. The minimum atomic E-state index is -0.364. The molecule has 1 saturated heterocycles. The van der Waals surface area contributed by atoms with Crippen molar-refractivity contribution in [2.45, 2.75) is 51.4 Å². The van der Waals surface area contributed by atoms with Gasteiger partial charge in [0.05, 0.1) is 18.8 Å². The molecule has 0 aromatic carbocycles. The van der Waals surface area contributed by atoms with Gasteiger partial charge in [-0.3, -0.25) is 0 Å². The van der Waals surface area contributed by atoms with Gasteiger partial charge in [0.1, 0.15) is 0 Å². The first-order chi connectivity index (χ1) is 7.95. The molecule has 1 atom stereocenters. The summed E-state index contributed by atoms with van der Waals surface area (Å²) >= 11 is 0. The predicted octanol–water partition coefficient (Wildman–Crippen LogP) is 0.846. The number of likely N-dealkylation sites (tertiary alicyclic amines) is 1. The lowest BCUT2D eigenvalue weighted by atomic mass is 9.90. The monoisotopic (exact) mass is 244 g/mol. The molecule has 0 aliphatic carbocycles. The Morgan fingerprint density at radius 1 is 1.35 bits per heavy atom. The lowest BCUT2D eigenvalue weighted by Crippen LogP contribution is -2.51. The van der Waals surface area contributed by atoms with Gasteiger partial charge in [-0.1, -0.05) is 0 Å². The average molecular weight is 244 g/mol. The second kappa shape index (κ2) is 6.69. The van der Waals surface area contributed by atoms with E-state index in [9.17, 15) is 5.11 Å². The number of hydrogen-bond acceptors (Lipinski definition) is 4. The van der Waals surface area contributed by atoms with Gasteiger partial charge in [0.15, 0.2) is 0 Å². The third-order valence-corrected chi connectivity index (χ3v) is 3.65. The number of hydrogen-bond donors (Lipinski definition) is 2. The molecule has 102 valence electrons. The minimum Gasteiger partial charge on any atom is -0.389 e. The lowest BCUT2D eigenvalue weighted by Gasteiger charge is -2.39. The summed E-state index contributed by atoms with van der Waals surface area (Å²) < 4.78 is 5.42. The molecule has 4 heteroatoms. The van der Waals surface area contributed by atoms with Gasteiger partial charge in [-0.15, -0.1) is 0 Å². The van der Waals surface area contributed by atoms with Crippen molar-refractivity contribution in [2.75, 3.05) is 33.3 Å². The quantitative estimate of drug-likeness (QED) is 0.727. The molecule has 1 heterocycles. The van der Waals surface area contributed by atoms with Crippen LogP contribution in [-0.2, 0) is 4.74 Å². The summed E-state index contributed by atoms with van der Waals surface area (Å²) in [5, 5.41) is 13.2. The Kier molecular flexibility index (Phi) is 5.86. The van der Waals surface area contributed by atoms with Crippen LogP contribution in [0, 0.1) is 0 Å². The Morgan fingerprint density at radius 2 is 1.94 bits per heavy atom. The summed E-state index contributed by atoms with van der Waals surface area (Å²) in [6, 6.07) is 0. The molecule has 0 aromatic heterocycles. The summed E-state index contributed by atoms with van der Waals surface area (Å²) in [6.45, 7) is 9.52. The highest BCUT2D eigenvalue weighted by Gasteiger charge is 2.28. The maximum absolute atomic E-state index is 9.86. The lowest BCUT2D eigenvalue weighted by molar-refractivity contribution is -0.0137. The Balaban J connectivity index is 2.21. The predicted molar refractivity (Wildman–Crippen MR) is 70.2 cm³/mol. The molecule has 0 spiro atoms. The topological polar surface area (TPSA) is 44.7 Å². The molecule has 0 radical (unpaired) electrons. The van der Waals surface area contributed by atoms with E-state index in [0.717, 1.165) is 32.5 Å². The van der Waals surface area contributed by atoms with Crippen LogP contribution in [0.2, 0.25) is 0 Å². The molecule has 1 fully saturated rings. The number of nitrogens with zero attached hydrogens (tertiary/aromatic N) is 1. The SMILES string of the molecule is CNC1(C)CCN(CC(O)COC(C)C)CC1. The van der Waals surface area contributed by atoms with Gasteiger partial charge in [-0.25, -0.2) is 0 Å². The van der Waals surface area contributed by atoms with Gasteiger partial charge >= 0.3 is 0 Å². The van der Waals surface area contributed by atoms with Gasteiger partial charge in [-0.2, -0.15) is 0 Å². The van der Waals surface area contributed by atoms with Gasteiger partial charge in [0, 0.05) is 12.1 Å². The number of ether oxygens (including phenoxy) is 1. The molecule has 17 heavy (non-hydrogen) atoms. The van der Waals surface area contributed by atoms with E-state index in [1.165, 1.54) is 0 Å². The number of nitrogens with one attached hydrogen (secondary N) is 1. The van der Waals surface area contributed by atoms with Crippen molar-refractivity contribution in [1.82, 2.24) is 10.2 Å². The van der Waals surface area contributed by atoms with E-state index in [4.69, 9.17) is 4.74 Å². The second-order valence-corrected chi connectivity index (χ2v) is 5.65. The van der Waals surface area contributed by atoms with Gasteiger partial charge in [0.2, 0.25) is 0 Å². The summed E-state index contributed by atoms with van der Waals surface area (Å²) in [4.78, 5) is 2.33. The summed E-state index contributed by atoms with van der Waals surface area (Å²) in [6.07, 6.45) is 2.11. The first-order valence-electron chi connectivity index (χ1n) is 6.66. The highest BCUT2D eigenvalue weighted by Crippen LogP contribution is 2.21. The first kappa shape index (κ1) is 14.9. The van der Waals surface area contributed by atoms with Crippen LogP contribution in [0.4, 0.5) is 0 Å². The van der Waals surface area contributed by atoms with E-state index in [-0.39, 0.29) is 17.7 Å². The van der Waals surface area contributed by atoms with Crippen molar-refractivity contribution in [1.29, 1.82) is 0 Å². The molecule has 0 aromatic rings.